The van der Waals surface area contributed by atoms with Crippen molar-refractivity contribution in [3.05, 3.63) is 82.7 Å². The van der Waals surface area contributed by atoms with E-state index >= 15 is 4.39 Å². The molecule has 0 unspecified atom stereocenters. The highest BCUT2D eigenvalue weighted by molar-refractivity contribution is 5.77. The highest BCUT2D eigenvalue weighted by atomic mass is 19.1. The number of halogens is 1. The number of ether oxygens (including phenoxy) is 4. The minimum Gasteiger partial charge on any atom is -0.497 e. The fraction of sp³-hybridized carbons (Fsp3) is 0.441. The number of carbonyl (C=O) groups excluding carboxylic acids is 1. The van der Waals surface area contributed by atoms with Crippen LogP contribution in [0.3, 0.4) is 0 Å². The molecule has 0 heterocycles. The zero-order valence-corrected chi connectivity index (χ0v) is 24.3. The maximum Gasteiger partial charge on any atom is 0.309 e. The van der Waals surface area contributed by atoms with Gasteiger partial charge >= 0.3 is 5.97 Å². The van der Waals surface area contributed by atoms with Gasteiger partial charge in [0, 0.05) is 18.1 Å². The summed E-state index contributed by atoms with van der Waals surface area (Å²) in [7, 11) is 4.74. The van der Waals surface area contributed by atoms with Crippen LogP contribution in [-0.2, 0) is 32.7 Å². The van der Waals surface area contributed by atoms with E-state index in [0.717, 1.165) is 48.1 Å². The molecule has 0 aliphatic heterocycles. The number of aryl methyl sites for hydroxylation is 1. The van der Waals surface area contributed by atoms with Crippen molar-refractivity contribution in [1.82, 2.24) is 0 Å². The van der Waals surface area contributed by atoms with Crippen LogP contribution in [0.2, 0.25) is 0 Å². The molecule has 212 valence electrons. The van der Waals surface area contributed by atoms with E-state index in [2.05, 4.69) is 39.0 Å². The molecule has 0 radical (unpaired) electrons. The Morgan fingerprint density at radius 2 is 1.75 bits per heavy atom. The summed E-state index contributed by atoms with van der Waals surface area (Å²) in [5.74, 6) is 0.860. The quantitative estimate of drug-likeness (QED) is 0.273. The van der Waals surface area contributed by atoms with Gasteiger partial charge in [0.1, 0.15) is 23.9 Å². The molecule has 0 amide bonds. The lowest BCUT2D eigenvalue weighted by Gasteiger charge is -2.46. The summed E-state index contributed by atoms with van der Waals surface area (Å²) >= 11 is 0. The van der Waals surface area contributed by atoms with Crippen LogP contribution in [0.15, 0.2) is 54.6 Å². The van der Waals surface area contributed by atoms with E-state index < -0.39 is 0 Å². The summed E-state index contributed by atoms with van der Waals surface area (Å²) < 4.78 is 37.8. The standard InChI is InChI=1S/C34H39FO5/c1-33(2,3)31(38-5)27-17-21(7-11-25(27)26-18-23(37-4)10-12-30(26)35)20-40-24-9-8-22-13-15-34(29(22)19-24)16-14-28(34)32(36)39-6/h7-12,17-19,28,31H,13-16,20H2,1-6H3/t28-,31+,34+/m1/s1. The normalized spacial score (nSPS) is 20.5. The van der Waals surface area contributed by atoms with Gasteiger partial charge in [0.25, 0.3) is 0 Å². The zero-order chi connectivity index (χ0) is 28.7. The van der Waals surface area contributed by atoms with Crippen molar-refractivity contribution in [3.8, 4) is 22.6 Å². The van der Waals surface area contributed by atoms with Gasteiger partial charge in [-0.3, -0.25) is 4.79 Å². The topological polar surface area (TPSA) is 54.0 Å². The van der Waals surface area contributed by atoms with Gasteiger partial charge in [-0.1, -0.05) is 39.0 Å². The second-order valence-electron chi connectivity index (χ2n) is 12.1. The molecule has 0 aromatic heterocycles. The van der Waals surface area contributed by atoms with Crippen LogP contribution in [-0.4, -0.2) is 27.3 Å². The summed E-state index contributed by atoms with van der Waals surface area (Å²) in [5.41, 5.74) is 5.25. The molecule has 2 aliphatic carbocycles. The highest BCUT2D eigenvalue weighted by Crippen LogP contribution is 2.57. The van der Waals surface area contributed by atoms with E-state index in [4.69, 9.17) is 18.9 Å². The van der Waals surface area contributed by atoms with Gasteiger partial charge in [-0.15, -0.1) is 0 Å². The average Bonchev–Trinajstić information content (AvgIpc) is 3.32. The van der Waals surface area contributed by atoms with Gasteiger partial charge in [0.15, 0.2) is 0 Å². The van der Waals surface area contributed by atoms with E-state index in [0.29, 0.717) is 17.9 Å². The van der Waals surface area contributed by atoms with Crippen LogP contribution >= 0.6 is 0 Å². The van der Waals surface area contributed by atoms with Gasteiger partial charge in [-0.25, -0.2) is 4.39 Å². The first-order valence-corrected chi connectivity index (χ1v) is 13.9. The summed E-state index contributed by atoms with van der Waals surface area (Å²) in [6.07, 6.45) is 3.54. The number of methoxy groups -OCH3 is 3. The predicted octanol–water partition coefficient (Wildman–Crippen LogP) is 7.58. The van der Waals surface area contributed by atoms with Crippen molar-refractivity contribution in [2.45, 2.75) is 64.6 Å². The third-order valence-corrected chi connectivity index (χ3v) is 8.78. The molecule has 5 nitrogen and oxygen atoms in total. The fourth-order valence-corrected chi connectivity index (χ4v) is 6.68. The Morgan fingerprint density at radius 1 is 0.975 bits per heavy atom. The molecule has 40 heavy (non-hydrogen) atoms. The number of hydrogen-bond acceptors (Lipinski definition) is 5. The lowest BCUT2D eigenvalue weighted by Crippen LogP contribution is -2.47. The molecule has 3 aromatic carbocycles. The first-order chi connectivity index (χ1) is 19.1. The van der Waals surface area contributed by atoms with Crippen molar-refractivity contribution in [1.29, 1.82) is 0 Å². The first kappa shape index (κ1) is 28.2. The third kappa shape index (κ3) is 4.98. The molecular formula is C34H39FO5. The third-order valence-electron chi connectivity index (χ3n) is 8.78. The number of rotatable bonds is 8. The lowest BCUT2D eigenvalue weighted by atomic mass is 9.57. The van der Waals surface area contributed by atoms with Crippen LogP contribution in [0.5, 0.6) is 11.5 Å². The number of fused-ring (bicyclic) bond motifs is 2. The highest BCUT2D eigenvalue weighted by Gasteiger charge is 2.55. The molecule has 2 aliphatic rings. The maximum atomic E-state index is 15.1. The monoisotopic (exact) mass is 546 g/mol. The van der Waals surface area contributed by atoms with E-state index in [-0.39, 0.29) is 34.6 Å². The minimum atomic E-state index is -0.317. The van der Waals surface area contributed by atoms with Gasteiger partial charge in [0.05, 0.1) is 26.2 Å². The van der Waals surface area contributed by atoms with Gasteiger partial charge in [-0.2, -0.15) is 0 Å². The second-order valence-corrected chi connectivity index (χ2v) is 12.1. The van der Waals surface area contributed by atoms with Crippen molar-refractivity contribution in [2.24, 2.45) is 11.3 Å². The Balaban J connectivity index is 1.45. The second kappa shape index (κ2) is 10.9. The molecule has 1 fully saturated rings. The molecule has 1 spiro atoms. The number of benzene rings is 3. The largest absolute Gasteiger partial charge is 0.497 e. The summed E-state index contributed by atoms with van der Waals surface area (Å²) in [4.78, 5) is 12.4. The van der Waals surface area contributed by atoms with Gasteiger partial charge in [0.2, 0.25) is 0 Å². The number of carbonyl (C=O) groups is 1. The lowest BCUT2D eigenvalue weighted by molar-refractivity contribution is -0.153. The first-order valence-electron chi connectivity index (χ1n) is 13.9. The number of esters is 1. The summed E-state index contributed by atoms with van der Waals surface area (Å²) in [5, 5.41) is 0. The average molecular weight is 547 g/mol. The van der Waals surface area contributed by atoms with Crippen molar-refractivity contribution < 1.29 is 28.1 Å². The molecule has 1 saturated carbocycles. The Labute approximate surface area is 236 Å². The van der Waals surface area contributed by atoms with Crippen LogP contribution in [0.4, 0.5) is 4.39 Å². The Bertz CT molecular complexity index is 1410. The SMILES string of the molecule is COC(=O)[C@H]1CC[C@@]12CCc1ccc(OCc3ccc(-c4cc(OC)ccc4F)c([C@H](OC)C(C)(C)C)c3)cc12. The Hall–Kier alpha value is -3.38. The predicted molar refractivity (Wildman–Crippen MR) is 153 cm³/mol. The Kier molecular flexibility index (Phi) is 7.66. The number of hydrogen-bond donors (Lipinski definition) is 0. The minimum absolute atomic E-state index is 0.0792. The summed E-state index contributed by atoms with van der Waals surface area (Å²) in [6, 6.07) is 17.0. The smallest absolute Gasteiger partial charge is 0.309 e. The molecule has 3 atom stereocenters. The van der Waals surface area contributed by atoms with E-state index in [1.807, 2.05) is 18.2 Å². The van der Waals surface area contributed by atoms with E-state index in [1.165, 1.54) is 24.3 Å². The fourth-order valence-electron chi connectivity index (χ4n) is 6.68. The zero-order valence-electron chi connectivity index (χ0n) is 24.3. The van der Waals surface area contributed by atoms with Crippen molar-refractivity contribution in [2.75, 3.05) is 21.3 Å². The van der Waals surface area contributed by atoms with Crippen LogP contribution in [0, 0.1) is 17.2 Å². The van der Waals surface area contributed by atoms with E-state index in [1.54, 1.807) is 26.4 Å². The molecule has 0 saturated heterocycles. The molecule has 6 heteroatoms. The molecule has 3 aromatic rings. The van der Waals surface area contributed by atoms with Crippen LogP contribution in [0.25, 0.3) is 11.1 Å². The van der Waals surface area contributed by atoms with Crippen molar-refractivity contribution in [3.63, 3.8) is 0 Å². The maximum absolute atomic E-state index is 15.1. The van der Waals surface area contributed by atoms with Gasteiger partial charge in [-0.05, 0) is 95.3 Å². The van der Waals surface area contributed by atoms with Crippen molar-refractivity contribution >= 4 is 5.97 Å². The Morgan fingerprint density at radius 3 is 2.40 bits per heavy atom. The van der Waals surface area contributed by atoms with Gasteiger partial charge < -0.3 is 18.9 Å². The van der Waals surface area contributed by atoms with Crippen LogP contribution < -0.4 is 9.47 Å². The molecule has 0 bridgehead atoms. The molecular weight excluding hydrogens is 507 g/mol. The summed E-state index contributed by atoms with van der Waals surface area (Å²) in [6.45, 7) is 6.68. The van der Waals surface area contributed by atoms with E-state index in [9.17, 15) is 4.79 Å². The van der Waals surface area contributed by atoms with Crippen LogP contribution in [0.1, 0.15) is 68.4 Å². The molecule has 0 N–H and O–H groups in total. The molecule has 5 rings (SSSR count).